The normalized spacial score (nSPS) is 12.1. The zero-order valence-corrected chi connectivity index (χ0v) is 19.0. The third-order valence-corrected chi connectivity index (χ3v) is 6.91. The van der Waals surface area contributed by atoms with Gasteiger partial charge in [-0.15, -0.1) is 0 Å². The minimum Gasteiger partial charge on any atom is -0.456 e. The lowest BCUT2D eigenvalue weighted by molar-refractivity contribution is 0.669. The summed E-state index contributed by atoms with van der Waals surface area (Å²) in [7, 11) is 0. The monoisotopic (exact) mass is 438 g/mol. The van der Waals surface area contributed by atoms with E-state index in [1.165, 1.54) is 22.3 Å². The molecule has 1 N–H and O–H groups in total. The van der Waals surface area contributed by atoms with E-state index in [-0.39, 0.29) is 0 Å². The molecule has 0 atom stereocenters. The van der Waals surface area contributed by atoms with Crippen LogP contribution in [-0.4, -0.2) is 4.98 Å². The Hall–Kier alpha value is -4.37. The highest BCUT2D eigenvalue weighted by molar-refractivity contribution is 6.17. The van der Waals surface area contributed by atoms with E-state index in [1.54, 1.807) is 0 Å². The fourth-order valence-electron chi connectivity index (χ4n) is 5.23. The molecule has 2 aromatic heterocycles. The fraction of sp³-hybridized carbons (Fsp3) is 0.0645. The third-order valence-electron chi connectivity index (χ3n) is 6.91. The average Bonchev–Trinajstić information content (AvgIpc) is 3.23. The molecule has 3 nitrogen and oxygen atoms in total. The van der Waals surface area contributed by atoms with Crippen molar-refractivity contribution in [3.05, 3.63) is 102 Å². The van der Waals surface area contributed by atoms with Crippen molar-refractivity contribution in [2.24, 2.45) is 0 Å². The molecule has 0 amide bonds. The predicted molar refractivity (Wildman–Crippen MR) is 141 cm³/mol. The van der Waals surface area contributed by atoms with Crippen LogP contribution in [0.25, 0.3) is 55.4 Å². The molecule has 0 unspecified atom stereocenters. The van der Waals surface area contributed by atoms with Gasteiger partial charge in [0.05, 0.1) is 5.69 Å². The van der Waals surface area contributed by atoms with Gasteiger partial charge in [0.15, 0.2) is 0 Å². The van der Waals surface area contributed by atoms with E-state index in [4.69, 9.17) is 9.40 Å². The number of furan rings is 1. The largest absolute Gasteiger partial charge is 0.456 e. The molecular formula is C31H22N2O. The summed E-state index contributed by atoms with van der Waals surface area (Å²) in [4.78, 5) is 4.69. The van der Waals surface area contributed by atoms with Gasteiger partial charge in [-0.05, 0) is 72.5 Å². The predicted octanol–water partition coefficient (Wildman–Crippen LogP) is 8.66. The van der Waals surface area contributed by atoms with Crippen molar-refractivity contribution in [2.45, 2.75) is 13.8 Å². The average molecular weight is 439 g/mol. The van der Waals surface area contributed by atoms with E-state index in [0.717, 1.165) is 55.7 Å². The molecule has 0 aliphatic carbocycles. The van der Waals surface area contributed by atoms with Crippen LogP contribution in [0.4, 0.5) is 11.4 Å². The van der Waals surface area contributed by atoms with Crippen molar-refractivity contribution in [3.8, 4) is 33.5 Å². The van der Waals surface area contributed by atoms with Gasteiger partial charge in [-0.2, -0.15) is 0 Å². The van der Waals surface area contributed by atoms with E-state index >= 15 is 0 Å². The van der Waals surface area contributed by atoms with Gasteiger partial charge in [-0.3, -0.25) is 4.98 Å². The highest BCUT2D eigenvalue weighted by atomic mass is 16.3. The molecule has 0 saturated carbocycles. The molecule has 1 aliphatic heterocycles. The maximum Gasteiger partial charge on any atom is 0.136 e. The maximum atomic E-state index is 6.39. The summed E-state index contributed by atoms with van der Waals surface area (Å²) in [6.45, 7) is 4.29. The number of hydrogen-bond acceptors (Lipinski definition) is 3. The van der Waals surface area contributed by atoms with Crippen LogP contribution in [0, 0.1) is 13.8 Å². The molecule has 7 rings (SSSR count). The van der Waals surface area contributed by atoms with Crippen LogP contribution in [0.1, 0.15) is 11.1 Å². The summed E-state index contributed by atoms with van der Waals surface area (Å²) in [5, 5.41) is 6.03. The summed E-state index contributed by atoms with van der Waals surface area (Å²) in [5.41, 5.74) is 13.2. The number of fused-ring (bicyclic) bond motifs is 10. The first-order valence-electron chi connectivity index (χ1n) is 11.6. The van der Waals surface area contributed by atoms with E-state index in [2.05, 4.69) is 92.0 Å². The van der Waals surface area contributed by atoms with Gasteiger partial charge in [0.25, 0.3) is 0 Å². The lowest BCUT2D eigenvalue weighted by atomic mass is 9.85. The van der Waals surface area contributed by atoms with Crippen molar-refractivity contribution in [3.63, 3.8) is 0 Å². The molecule has 1 aliphatic rings. The van der Waals surface area contributed by atoms with Gasteiger partial charge < -0.3 is 9.73 Å². The molecule has 2 bridgehead atoms. The van der Waals surface area contributed by atoms with Gasteiger partial charge in [0.1, 0.15) is 11.2 Å². The second-order valence-corrected chi connectivity index (χ2v) is 9.05. The Morgan fingerprint density at radius 3 is 2.41 bits per heavy atom. The molecule has 0 radical (unpaired) electrons. The fourth-order valence-corrected chi connectivity index (χ4v) is 5.23. The second kappa shape index (κ2) is 7.06. The lowest BCUT2D eigenvalue weighted by Gasteiger charge is -2.24. The van der Waals surface area contributed by atoms with Crippen molar-refractivity contribution >= 4 is 33.3 Å². The Morgan fingerprint density at radius 1 is 0.706 bits per heavy atom. The second-order valence-electron chi connectivity index (χ2n) is 9.05. The summed E-state index contributed by atoms with van der Waals surface area (Å²) in [5.74, 6) is 0. The summed E-state index contributed by atoms with van der Waals surface area (Å²) < 4.78 is 6.39. The van der Waals surface area contributed by atoms with E-state index in [0.29, 0.717) is 0 Å². The summed E-state index contributed by atoms with van der Waals surface area (Å²) in [6, 6.07) is 29.8. The Morgan fingerprint density at radius 2 is 1.53 bits per heavy atom. The highest BCUT2D eigenvalue weighted by Crippen LogP contribution is 2.49. The molecule has 3 heteroatoms. The first-order valence-corrected chi connectivity index (χ1v) is 11.6. The van der Waals surface area contributed by atoms with E-state index in [9.17, 15) is 0 Å². The van der Waals surface area contributed by atoms with Crippen LogP contribution in [-0.2, 0) is 0 Å². The SMILES string of the molecule is Cc1ccc(-c2ccc3c(c2)-c2c(C)c(cc4oc5ccccc5c24)-c2ccccc2N3)nc1. The maximum absolute atomic E-state index is 6.39. The number of hydrogen-bond donors (Lipinski definition) is 1. The number of pyridine rings is 1. The number of anilines is 2. The number of nitrogens with zero attached hydrogens (tertiary/aromatic N) is 1. The van der Waals surface area contributed by atoms with Crippen molar-refractivity contribution < 1.29 is 4.42 Å². The van der Waals surface area contributed by atoms with Crippen LogP contribution in [0.2, 0.25) is 0 Å². The molecule has 162 valence electrons. The van der Waals surface area contributed by atoms with Gasteiger partial charge in [0, 0.05) is 45.0 Å². The molecule has 6 aromatic rings. The molecule has 0 spiro atoms. The van der Waals surface area contributed by atoms with Crippen LogP contribution in [0.15, 0.2) is 95.5 Å². The lowest BCUT2D eigenvalue weighted by Crippen LogP contribution is -2.02. The number of benzene rings is 4. The van der Waals surface area contributed by atoms with Gasteiger partial charge in [-0.25, -0.2) is 0 Å². The van der Waals surface area contributed by atoms with Crippen LogP contribution in [0.5, 0.6) is 0 Å². The van der Waals surface area contributed by atoms with Gasteiger partial charge >= 0.3 is 0 Å². The molecule has 0 saturated heterocycles. The number of rotatable bonds is 1. The first-order chi connectivity index (χ1) is 16.7. The summed E-state index contributed by atoms with van der Waals surface area (Å²) >= 11 is 0. The number of aromatic nitrogens is 1. The minimum absolute atomic E-state index is 0.911. The Bertz CT molecular complexity index is 1740. The van der Waals surface area contributed by atoms with E-state index < -0.39 is 0 Å². The first kappa shape index (κ1) is 19.1. The number of aryl methyl sites for hydroxylation is 1. The van der Waals surface area contributed by atoms with Crippen LogP contribution < -0.4 is 5.32 Å². The quantitative estimate of drug-likeness (QED) is 0.279. The Labute approximate surface area is 197 Å². The molecule has 4 aromatic carbocycles. The number of para-hydroxylation sites is 2. The van der Waals surface area contributed by atoms with Crippen molar-refractivity contribution in [1.29, 1.82) is 0 Å². The van der Waals surface area contributed by atoms with Gasteiger partial charge in [0.2, 0.25) is 0 Å². The molecule has 34 heavy (non-hydrogen) atoms. The zero-order chi connectivity index (χ0) is 22.8. The Balaban J connectivity index is 1.63. The molecule has 3 heterocycles. The van der Waals surface area contributed by atoms with Crippen LogP contribution in [0.3, 0.4) is 0 Å². The third kappa shape index (κ3) is 2.74. The smallest absolute Gasteiger partial charge is 0.136 e. The van der Waals surface area contributed by atoms with Gasteiger partial charge in [-0.1, -0.05) is 48.5 Å². The summed E-state index contributed by atoms with van der Waals surface area (Å²) in [6.07, 6.45) is 1.92. The topological polar surface area (TPSA) is 38.1 Å². The van der Waals surface area contributed by atoms with E-state index in [1.807, 2.05) is 18.3 Å². The van der Waals surface area contributed by atoms with Crippen molar-refractivity contribution in [2.75, 3.05) is 5.32 Å². The Kier molecular flexibility index (Phi) is 3.97. The minimum atomic E-state index is 0.911. The zero-order valence-electron chi connectivity index (χ0n) is 19.0. The van der Waals surface area contributed by atoms with Crippen molar-refractivity contribution in [1.82, 2.24) is 4.98 Å². The highest BCUT2D eigenvalue weighted by Gasteiger charge is 2.24. The number of nitrogens with one attached hydrogen (secondary N) is 1. The molecule has 0 fully saturated rings. The standard InChI is InChI=1S/C31H22N2O/c1-18-11-13-25(32-17-18)20-12-14-27-24(15-20)30-19(2)23(21-7-3-5-9-26(21)33-27)16-29-31(30)22-8-4-6-10-28(22)34-29/h3-17,33H,1-2H3. The van der Waals surface area contributed by atoms with Crippen LogP contribution >= 0.6 is 0 Å². The molecular weight excluding hydrogens is 416 g/mol.